The normalized spacial score (nSPS) is 10.8. The quantitative estimate of drug-likeness (QED) is 0.465. The molecule has 0 N–H and O–H groups in total. The van der Waals surface area contributed by atoms with Crippen molar-refractivity contribution in [2.45, 2.75) is 0 Å². The first-order chi connectivity index (χ1) is 11.3. The van der Waals surface area contributed by atoms with Gasteiger partial charge in [-0.1, -0.05) is 48.5 Å². The SMILES string of the molecule is Brc1ccc(-c2nc(-c3ccccc3)c3ccccc3n2)cn1. The Balaban J connectivity index is 1.99. The molecule has 4 rings (SSSR count). The molecular weight excluding hydrogens is 350 g/mol. The third kappa shape index (κ3) is 2.73. The van der Waals surface area contributed by atoms with Crippen molar-refractivity contribution in [3.05, 3.63) is 77.5 Å². The molecule has 0 atom stereocenters. The van der Waals surface area contributed by atoms with Crippen molar-refractivity contribution in [2.24, 2.45) is 0 Å². The number of hydrogen-bond acceptors (Lipinski definition) is 3. The van der Waals surface area contributed by atoms with Crippen LogP contribution in [0.2, 0.25) is 0 Å². The number of fused-ring (bicyclic) bond motifs is 1. The Hall–Kier alpha value is -2.59. The van der Waals surface area contributed by atoms with Crippen LogP contribution in [-0.4, -0.2) is 15.0 Å². The summed E-state index contributed by atoms with van der Waals surface area (Å²) in [7, 11) is 0. The maximum atomic E-state index is 4.80. The number of hydrogen-bond donors (Lipinski definition) is 0. The van der Waals surface area contributed by atoms with Crippen LogP contribution >= 0.6 is 15.9 Å². The highest BCUT2D eigenvalue weighted by Gasteiger charge is 2.11. The second-order valence-corrected chi connectivity index (χ2v) is 5.96. The van der Waals surface area contributed by atoms with Crippen LogP contribution in [0.25, 0.3) is 33.5 Å². The molecule has 0 radical (unpaired) electrons. The van der Waals surface area contributed by atoms with Crippen LogP contribution in [0.4, 0.5) is 0 Å². The van der Waals surface area contributed by atoms with Gasteiger partial charge in [-0.05, 0) is 34.1 Å². The summed E-state index contributed by atoms with van der Waals surface area (Å²) in [5, 5.41) is 1.05. The molecule has 0 aliphatic rings. The summed E-state index contributed by atoms with van der Waals surface area (Å²) in [6.07, 6.45) is 1.78. The van der Waals surface area contributed by atoms with Gasteiger partial charge in [-0.2, -0.15) is 0 Å². The zero-order chi connectivity index (χ0) is 15.6. The van der Waals surface area contributed by atoms with Crippen molar-refractivity contribution < 1.29 is 0 Å². The number of aromatic nitrogens is 3. The average molecular weight is 362 g/mol. The zero-order valence-electron chi connectivity index (χ0n) is 12.1. The van der Waals surface area contributed by atoms with Crippen molar-refractivity contribution >= 4 is 26.8 Å². The fourth-order valence-electron chi connectivity index (χ4n) is 2.53. The molecule has 4 heteroatoms. The van der Waals surface area contributed by atoms with E-state index in [1.807, 2.05) is 48.5 Å². The lowest BCUT2D eigenvalue weighted by Gasteiger charge is -2.09. The largest absolute Gasteiger partial charge is 0.249 e. The fourth-order valence-corrected chi connectivity index (χ4v) is 2.76. The summed E-state index contributed by atoms with van der Waals surface area (Å²) in [6.45, 7) is 0. The molecule has 0 saturated carbocycles. The molecular formula is C19H12BrN3. The predicted molar refractivity (Wildman–Crippen MR) is 95.9 cm³/mol. The Bertz CT molecular complexity index is 967. The van der Waals surface area contributed by atoms with Gasteiger partial charge in [-0.15, -0.1) is 0 Å². The van der Waals surface area contributed by atoms with Gasteiger partial charge in [0.1, 0.15) is 4.60 Å². The molecule has 3 nitrogen and oxygen atoms in total. The Labute approximate surface area is 142 Å². The molecule has 2 aromatic carbocycles. The van der Waals surface area contributed by atoms with Gasteiger partial charge >= 0.3 is 0 Å². The minimum absolute atomic E-state index is 0.683. The van der Waals surface area contributed by atoms with E-state index < -0.39 is 0 Å². The molecule has 4 aromatic rings. The topological polar surface area (TPSA) is 38.7 Å². The van der Waals surface area contributed by atoms with Crippen LogP contribution in [0.1, 0.15) is 0 Å². The van der Waals surface area contributed by atoms with Crippen LogP contribution in [0.5, 0.6) is 0 Å². The van der Waals surface area contributed by atoms with Gasteiger partial charge in [-0.25, -0.2) is 15.0 Å². The third-order valence-corrected chi connectivity index (χ3v) is 4.11. The number of pyridine rings is 1. The monoisotopic (exact) mass is 361 g/mol. The van der Waals surface area contributed by atoms with Crippen LogP contribution < -0.4 is 0 Å². The maximum absolute atomic E-state index is 4.80. The van der Waals surface area contributed by atoms with E-state index in [1.165, 1.54) is 0 Å². The van der Waals surface area contributed by atoms with E-state index in [0.29, 0.717) is 5.82 Å². The van der Waals surface area contributed by atoms with Gasteiger partial charge in [0.25, 0.3) is 0 Å². The highest BCUT2D eigenvalue weighted by molar-refractivity contribution is 9.10. The summed E-state index contributed by atoms with van der Waals surface area (Å²) < 4.78 is 0.797. The van der Waals surface area contributed by atoms with E-state index in [-0.39, 0.29) is 0 Å². The lowest BCUT2D eigenvalue weighted by molar-refractivity contribution is 1.20. The third-order valence-electron chi connectivity index (χ3n) is 3.64. The summed E-state index contributed by atoms with van der Waals surface area (Å²) in [5.41, 5.74) is 3.85. The first kappa shape index (κ1) is 14.0. The van der Waals surface area contributed by atoms with E-state index in [0.717, 1.165) is 32.3 Å². The fraction of sp³-hybridized carbons (Fsp3) is 0. The summed E-state index contributed by atoms with van der Waals surface area (Å²) in [5.74, 6) is 0.683. The minimum Gasteiger partial charge on any atom is -0.249 e. The maximum Gasteiger partial charge on any atom is 0.161 e. The Kier molecular flexibility index (Phi) is 3.60. The summed E-state index contributed by atoms with van der Waals surface area (Å²) >= 11 is 3.36. The van der Waals surface area contributed by atoms with Crippen LogP contribution in [-0.2, 0) is 0 Å². The molecule has 2 heterocycles. The van der Waals surface area contributed by atoms with Crippen LogP contribution in [0.15, 0.2) is 77.5 Å². The molecule has 0 unspecified atom stereocenters. The molecule has 23 heavy (non-hydrogen) atoms. The van der Waals surface area contributed by atoms with E-state index in [1.54, 1.807) is 6.20 Å². The summed E-state index contributed by atoms with van der Waals surface area (Å²) in [6, 6.07) is 22.1. The number of halogens is 1. The van der Waals surface area contributed by atoms with Gasteiger partial charge in [-0.3, -0.25) is 0 Å². The standard InChI is InChI=1S/C19H12BrN3/c20-17-11-10-14(12-21-17)19-22-16-9-5-4-8-15(16)18(23-19)13-6-2-1-3-7-13/h1-12H. The number of nitrogens with zero attached hydrogens (tertiary/aromatic N) is 3. The average Bonchev–Trinajstić information content (AvgIpc) is 2.62. The van der Waals surface area contributed by atoms with Gasteiger partial charge in [0.05, 0.1) is 11.2 Å². The van der Waals surface area contributed by atoms with E-state index >= 15 is 0 Å². The number of para-hydroxylation sites is 1. The Morgan fingerprint density at radius 3 is 2.26 bits per heavy atom. The van der Waals surface area contributed by atoms with Crippen LogP contribution in [0.3, 0.4) is 0 Å². The smallest absolute Gasteiger partial charge is 0.161 e. The highest BCUT2D eigenvalue weighted by Crippen LogP contribution is 2.28. The zero-order valence-corrected chi connectivity index (χ0v) is 13.7. The Morgan fingerprint density at radius 1 is 0.696 bits per heavy atom. The molecule has 0 aliphatic carbocycles. The first-order valence-electron chi connectivity index (χ1n) is 7.25. The molecule has 2 aromatic heterocycles. The van der Waals surface area contributed by atoms with Gasteiger partial charge in [0.15, 0.2) is 5.82 Å². The van der Waals surface area contributed by atoms with Gasteiger partial charge in [0, 0.05) is 22.7 Å². The molecule has 0 aliphatic heterocycles. The lowest BCUT2D eigenvalue weighted by Crippen LogP contribution is -1.95. The summed E-state index contributed by atoms with van der Waals surface area (Å²) in [4.78, 5) is 13.8. The van der Waals surface area contributed by atoms with E-state index in [4.69, 9.17) is 9.97 Å². The molecule has 0 spiro atoms. The molecule has 0 amide bonds. The second-order valence-electron chi connectivity index (χ2n) is 5.15. The van der Waals surface area contributed by atoms with E-state index in [9.17, 15) is 0 Å². The van der Waals surface area contributed by atoms with Crippen molar-refractivity contribution in [3.63, 3.8) is 0 Å². The molecule has 0 saturated heterocycles. The van der Waals surface area contributed by atoms with Crippen molar-refractivity contribution in [1.82, 2.24) is 15.0 Å². The number of benzene rings is 2. The highest BCUT2D eigenvalue weighted by atomic mass is 79.9. The van der Waals surface area contributed by atoms with Crippen LogP contribution in [0, 0.1) is 0 Å². The minimum atomic E-state index is 0.683. The first-order valence-corrected chi connectivity index (χ1v) is 8.05. The van der Waals surface area contributed by atoms with Crippen molar-refractivity contribution in [3.8, 4) is 22.6 Å². The van der Waals surface area contributed by atoms with E-state index in [2.05, 4.69) is 39.1 Å². The van der Waals surface area contributed by atoms with Crippen molar-refractivity contribution in [2.75, 3.05) is 0 Å². The predicted octanol–water partition coefficient (Wildman–Crippen LogP) is 5.12. The van der Waals surface area contributed by atoms with Gasteiger partial charge in [0.2, 0.25) is 0 Å². The van der Waals surface area contributed by atoms with Gasteiger partial charge < -0.3 is 0 Å². The molecule has 0 fully saturated rings. The molecule has 110 valence electrons. The number of rotatable bonds is 2. The Morgan fingerprint density at radius 2 is 1.48 bits per heavy atom. The molecule has 0 bridgehead atoms. The second kappa shape index (κ2) is 5.89. The lowest BCUT2D eigenvalue weighted by atomic mass is 10.1. The van der Waals surface area contributed by atoms with Crippen molar-refractivity contribution in [1.29, 1.82) is 0 Å².